The number of thiophene rings is 1. The summed E-state index contributed by atoms with van der Waals surface area (Å²) in [6.45, 7) is 0. The molecule has 98 valence electrons. The Balaban J connectivity index is 2.14. The standard InChI is InChI=1S/C14H11ClO3S/c1-18-12-5-3-9(8-11(12)17)2-4-10(16)13-6-7-14(15)19-13/h2-8,17H,1H3. The van der Waals surface area contributed by atoms with E-state index in [0.29, 0.717) is 20.5 Å². The first-order valence-electron chi connectivity index (χ1n) is 5.45. The number of phenols is 1. The van der Waals surface area contributed by atoms with Gasteiger partial charge in [-0.05, 0) is 35.9 Å². The lowest BCUT2D eigenvalue weighted by Gasteiger charge is -2.03. The van der Waals surface area contributed by atoms with Crippen LogP contribution in [0.3, 0.4) is 0 Å². The van der Waals surface area contributed by atoms with Crippen molar-refractivity contribution in [3.8, 4) is 11.5 Å². The second-order valence-corrected chi connectivity index (χ2v) is 5.45. The van der Waals surface area contributed by atoms with Crippen LogP contribution in [0, 0.1) is 0 Å². The van der Waals surface area contributed by atoms with Gasteiger partial charge in [0, 0.05) is 0 Å². The van der Waals surface area contributed by atoms with Crippen LogP contribution in [0.5, 0.6) is 11.5 Å². The third-order valence-electron chi connectivity index (χ3n) is 2.45. The molecule has 0 bridgehead atoms. The van der Waals surface area contributed by atoms with Crippen LogP contribution in [0.25, 0.3) is 6.08 Å². The van der Waals surface area contributed by atoms with Crippen molar-refractivity contribution in [1.82, 2.24) is 0 Å². The molecule has 0 saturated carbocycles. The molecule has 1 heterocycles. The average molecular weight is 295 g/mol. The van der Waals surface area contributed by atoms with Gasteiger partial charge < -0.3 is 9.84 Å². The fourth-order valence-corrected chi connectivity index (χ4v) is 2.47. The van der Waals surface area contributed by atoms with Crippen LogP contribution in [0.1, 0.15) is 15.2 Å². The number of methoxy groups -OCH3 is 1. The van der Waals surface area contributed by atoms with Crippen molar-refractivity contribution in [1.29, 1.82) is 0 Å². The van der Waals surface area contributed by atoms with Crippen LogP contribution < -0.4 is 4.74 Å². The number of aromatic hydroxyl groups is 1. The second kappa shape index (κ2) is 5.91. The molecule has 0 atom stereocenters. The molecular weight excluding hydrogens is 284 g/mol. The van der Waals surface area contributed by atoms with Gasteiger partial charge in [-0.15, -0.1) is 11.3 Å². The van der Waals surface area contributed by atoms with Crippen molar-refractivity contribution in [3.63, 3.8) is 0 Å². The van der Waals surface area contributed by atoms with E-state index in [2.05, 4.69) is 0 Å². The van der Waals surface area contributed by atoms with E-state index in [9.17, 15) is 9.90 Å². The van der Waals surface area contributed by atoms with Crippen molar-refractivity contribution in [3.05, 3.63) is 51.2 Å². The first kappa shape index (κ1) is 13.6. The summed E-state index contributed by atoms with van der Waals surface area (Å²) >= 11 is 7.01. The molecule has 1 aromatic carbocycles. The minimum Gasteiger partial charge on any atom is -0.504 e. The van der Waals surface area contributed by atoms with Crippen LogP contribution in [-0.2, 0) is 0 Å². The topological polar surface area (TPSA) is 46.5 Å². The predicted octanol–water partition coefficient (Wildman–Crippen LogP) is 4.01. The molecular formula is C14H11ClO3S. The quantitative estimate of drug-likeness (QED) is 0.684. The smallest absolute Gasteiger partial charge is 0.195 e. The number of allylic oxidation sites excluding steroid dienone is 1. The Morgan fingerprint density at radius 2 is 2.16 bits per heavy atom. The van der Waals surface area contributed by atoms with Crippen molar-refractivity contribution < 1.29 is 14.6 Å². The molecule has 1 aromatic heterocycles. The SMILES string of the molecule is COc1ccc(C=CC(=O)c2ccc(Cl)s2)cc1O. The molecule has 0 aliphatic heterocycles. The van der Waals surface area contributed by atoms with Gasteiger partial charge in [0.25, 0.3) is 0 Å². The van der Waals surface area contributed by atoms with Gasteiger partial charge in [-0.1, -0.05) is 23.7 Å². The maximum absolute atomic E-state index is 11.8. The zero-order chi connectivity index (χ0) is 13.8. The van der Waals surface area contributed by atoms with E-state index < -0.39 is 0 Å². The molecule has 5 heteroatoms. The Bertz CT molecular complexity index is 631. The van der Waals surface area contributed by atoms with E-state index in [-0.39, 0.29) is 11.5 Å². The fraction of sp³-hybridized carbons (Fsp3) is 0.0714. The van der Waals surface area contributed by atoms with Gasteiger partial charge in [0.2, 0.25) is 0 Å². The molecule has 0 aliphatic carbocycles. The van der Waals surface area contributed by atoms with E-state index in [1.807, 2.05) is 0 Å². The molecule has 0 aliphatic rings. The Morgan fingerprint density at radius 1 is 1.37 bits per heavy atom. The molecule has 0 spiro atoms. The van der Waals surface area contributed by atoms with Gasteiger partial charge in [-0.2, -0.15) is 0 Å². The number of ether oxygens (including phenoxy) is 1. The van der Waals surface area contributed by atoms with Gasteiger partial charge >= 0.3 is 0 Å². The molecule has 3 nitrogen and oxygen atoms in total. The monoisotopic (exact) mass is 294 g/mol. The van der Waals surface area contributed by atoms with E-state index >= 15 is 0 Å². The summed E-state index contributed by atoms with van der Waals surface area (Å²) in [7, 11) is 1.48. The first-order valence-corrected chi connectivity index (χ1v) is 6.64. The van der Waals surface area contributed by atoms with Crippen molar-refractivity contribution in [2.75, 3.05) is 7.11 Å². The summed E-state index contributed by atoms with van der Waals surface area (Å²) < 4.78 is 5.53. The van der Waals surface area contributed by atoms with E-state index in [1.165, 1.54) is 30.6 Å². The molecule has 0 amide bonds. The maximum atomic E-state index is 11.8. The third kappa shape index (κ3) is 3.36. The number of ketones is 1. The van der Waals surface area contributed by atoms with E-state index in [1.54, 1.807) is 30.3 Å². The number of phenolic OH excluding ortho intramolecular Hbond substituents is 1. The number of benzene rings is 1. The van der Waals surface area contributed by atoms with Crippen LogP contribution >= 0.6 is 22.9 Å². The van der Waals surface area contributed by atoms with Crippen LogP contribution in [0.15, 0.2) is 36.4 Å². The van der Waals surface area contributed by atoms with Crippen LogP contribution in [0.2, 0.25) is 4.34 Å². The molecule has 2 rings (SSSR count). The summed E-state index contributed by atoms with van der Waals surface area (Å²) in [4.78, 5) is 12.4. The highest BCUT2D eigenvalue weighted by Gasteiger charge is 2.05. The number of hydrogen-bond donors (Lipinski definition) is 1. The van der Waals surface area contributed by atoms with E-state index in [0.717, 1.165) is 0 Å². The van der Waals surface area contributed by atoms with Crippen molar-refractivity contribution in [2.45, 2.75) is 0 Å². The molecule has 0 radical (unpaired) electrons. The highest BCUT2D eigenvalue weighted by atomic mass is 35.5. The Labute approximate surface area is 119 Å². The molecule has 0 saturated heterocycles. The lowest BCUT2D eigenvalue weighted by molar-refractivity contribution is 0.105. The zero-order valence-corrected chi connectivity index (χ0v) is 11.7. The number of carbonyl (C=O) groups excluding carboxylic acids is 1. The Kier molecular flexibility index (Phi) is 4.24. The van der Waals surface area contributed by atoms with Gasteiger partial charge in [0.1, 0.15) is 0 Å². The lowest BCUT2D eigenvalue weighted by Crippen LogP contribution is -1.89. The number of hydrogen-bond acceptors (Lipinski definition) is 4. The number of rotatable bonds is 4. The lowest BCUT2D eigenvalue weighted by atomic mass is 10.1. The van der Waals surface area contributed by atoms with E-state index in [4.69, 9.17) is 16.3 Å². The fourth-order valence-electron chi connectivity index (χ4n) is 1.51. The maximum Gasteiger partial charge on any atom is 0.195 e. The minimum absolute atomic E-state index is 0.0382. The number of halogens is 1. The van der Waals surface area contributed by atoms with Crippen LogP contribution in [-0.4, -0.2) is 18.0 Å². The normalized spacial score (nSPS) is 10.8. The molecule has 2 aromatic rings. The highest BCUT2D eigenvalue weighted by Crippen LogP contribution is 2.27. The average Bonchev–Trinajstić information content (AvgIpc) is 2.83. The van der Waals surface area contributed by atoms with Crippen molar-refractivity contribution in [2.24, 2.45) is 0 Å². The largest absolute Gasteiger partial charge is 0.504 e. The Morgan fingerprint density at radius 3 is 2.74 bits per heavy atom. The predicted molar refractivity (Wildman–Crippen MR) is 77.4 cm³/mol. The summed E-state index contributed by atoms with van der Waals surface area (Å²) in [5.74, 6) is 0.317. The van der Waals surface area contributed by atoms with Gasteiger partial charge in [-0.3, -0.25) is 4.79 Å². The molecule has 1 N–H and O–H groups in total. The van der Waals surface area contributed by atoms with Crippen molar-refractivity contribution >= 4 is 34.8 Å². The summed E-state index contributed by atoms with van der Waals surface area (Å²) in [6, 6.07) is 8.30. The van der Waals surface area contributed by atoms with Gasteiger partial charge in [0.05, 0.1) is 16.3 Å². The second-order valence-electron chi connectivity index (χ2n) is 3.73. The van der Waals surface area contributed by atoms with Gasteiger partial charge in [0.15, 0.2) is 17.3 Å². The van der Waals surface area contributed by atoms with Gasteiger partial charge in [-0.25, -0.2) is 0 Å². The Hall–Kier alpha value is -1.78. The summed E-state index contributed by atoms with van der Waals surface area (Å²) in [5.41, 5.74) is 0.717. The first-order chi connectivity index (χ1) is 9.10. The minimum atomic E-state index is -0.118. The third-order valence-corrected chi connectivity index (χ3v) is 3.69. The molecule has 19 heavy (non-hydrogen) atoms. The van der Waals surface area contributed by atoms with Crippen LogP contribution in [0.4, 0.5) is 0 Å². The molecule has 0 unspecified atom stereocenters. The summed E-state index contributed by atoms with van der Waals surface area (Å²) in [5, 5.41) is 9.62. The summed E-state index contributed by atoms with van der Waals surface area (Å²) in [6.07, 6.45) is 3.08. The molecule has 0 fully saturated rings. The highest BCUT2D eigenvalue weighted by molar-refractivity contribution is 7.18. The number of carbonyl (C=O) groups is 1. The zero-order valence-electron chi connectivity index (χ0n) is 10.1.